The van der Waals surface area contributed by atoms with Crippen LogP contribution in [0.3, 0.4) is 0 Å². The Labute approximate surface area is 179 Å². The minimum Gasteiger partial charge on any atom is -0.397 e. The van der Waals surface area contributed by atoms with E-state index in [-0.39, 0.29) is 5.69 Å². The standard InChI is InChI=1S/C9H10BrN3O2.C9H12BrN3/c10-7-3-8(13(14)15)9(11)5-1-2-12-4-6(5)7;10-7-3-8(11)9(12)5-1-2-13-4-6(5)7/h3,12H,1-2,4,11H2;3,13H,1-2,4,11-12H2. The first kappa shape index (κ1) is 20.8. The van der Waals surface area contributed by atoms with Crippen LogP contribution in [0.25, 0.3) is 0 Å². The van der Waals surface area contributed by atoms with Gasteiger partial charge in [-0.15, -0.1) is 0 Å². The summed E-state index contributed by atoms with van der Waals surface area (Å²) in [6.45, 7) is 3.37. The average molecular weight is 514 g/mol. The van der Waals surface area contributed by atoms with Gasteiger partial charge in [0.25, 0.3) is 5.69 Å². The number of nitro groups is 1. The van der Waals surface area contributed by atoms with E-state index in [0.717, 1.165) is 58.2 Å². The molecule has 0 aromatic heterocycles. The molecule has 8 N–H and O–H groups in total. The maximum absolute atomic E-state index is 10.7. The Balaban J connectivity index is 0.000000162. The third-order valence-electron chi connectivity index (χ3n) is 4.99. The van der Waals surface area contributed by atoms with Crippen LogP contribution in [-0.4, -0.2) is 18.0 Å². The van der Waals surface area contributed by atoms with Gasteiger partial charge < -0.3 is 27.8 Å². The summed E-state index contributed by atoms with van der Waals surface area (Å²) in [4.78, 5) is 10.3. The number of nitro benzene ring substituents is 1. The van der Waals surface area contributed by atoms with Gasteiger partial charge in [0.1, 0.15) is 5.69 Å². The largest absolute Gasteiger partial charge is 0.397 e. The van der Waals surface area contributed by atoms with Crippen LogP contribution in [0.4, 0.5) is 22.7 Å². The fraction of sp³-hybridized carbons (Fsp3) is 0.333. The van der Waals surface area contributed by atoms with Crippen LogP contribution in [0.15, 0.2) is 21.1 Å². The van der Waals surface area contributed by atoms with Crippen LogP contribution < -0.4 is 27.8 Å². The van der Waals surface area contributed by atoms with Gasteiger partial charge in [-0.2, -0.15) is 0 Å². The average Bonchev–Trinajstić information content (AvgIpc) is 2.69. The molecule has 10 heteroatoms. The molecule has 0 spiro atoms. The molecule has 2 aliphatic heterocycles. The Morgan fingerprint density at radius 3 is 1.89 bits per heavy atom. The molecule has 0 bridgehead atoms. The number of hydrogen-bond donors (Lipinski definition) is 5. The van der Waals surface area contributed by atoms with Gasteiger partial charge in [0.15, 0.2) is 0 Å². The number of nitrogens with one attached hydrogen (secondary N) is 2. The molecule has 2 aliphatic rings. The number of nitrogens with two attached hydrogens (primary N) is 3. The van der Waals surface area contributed by atoms with Crippen molar-refractivity contribution in [1.29, 1.82) is 0 Å². The molecule has 2 heterocycles. The molecule has 150 valence electrons. The van der Waals surface area contributed by atoms with Gasteiger partial charge in [0.2, 0.25) is 0 Å². The Morgan fingerprint density at radius 2 is 1.36 bits per heavy atom. The van der Waals surface area contributed by atoms with Crippen LogP contribution >= 0.6 is 31.9 Å². The fourth-order valence-electron chi connectivity index (χ4n) is 3.49. The number of fused-ring (bicyclic) bond motifs is 2. The molecule has 0 amide bonds. The second-order valence-electron chi connectivity index (χ2n) is 6.68. The first-order chi connectivity index (χ1) is 13.3. The Bertz CT molecular complexity index is 935. The predicted octanol–water partition coefficient (Wildman–Crippen LogP) is 2.84. The second-order valence-corrected chi connectivity index (χ2v) is 8.39. The summed E-state index contributed by atoms with van der Waals surface area (Å²) >= 11 is 6.83. The summed E-state index contributed by atoms with van der Waals surface area (Å²) < 4.78 is 1.81. The van der Waals surface area contributed by atoms with E-state index in [0.29, 0.717) is 17.9 Å². The quantitative estimate of drug-likeness (QED) is 0.224. The van der Waals surface area contributed by atoms with E-state index in [1.54, 1.807) is 0 Å². The fourth-order valence-corrected chi connectivity index (χ4v) is 4.71. The third-order valence-corrected chi connectivity index (χ3v) is 6.41. The Kier molecular flexibility index (Phi) is 6.43. The highest BCUT2D eigenvalue weighted by Gasteiger charge is 2.23. The lowest BCUT2D eigenvalue weighted by atomic mass is 9.98. The molecule has 0 fully saturated rings. The van der Waals surface area contributed by atoms with Crippen LogP contribution in [0.5, 0.6) is 0 Å². The molecule has 0 aliphatic carbocycles. The number of nitrogens with zero attached hydrogens (tertiary/aromatic N) is 1. The Hall–Kier alpha value is -1.88. The van der Waals surface area contributed by atoms with E-state index < -0.39 is 4.92 Å². The Morgan fingerprint density at radius 1 is 0.857 bits per heavy atom. The number of nitrogen functional groups attached to an aromatic ring is 3. The van der Waals surface area contributed by atoms with E-state index in [9.17, 15) is 10.1 Å². The van der Waals surface area contributed by atoms with Crippen LogP contribution in [0.1, 0.15) is 22.3 Å². The monoisotopic (exact) mass is 512 g/mol. The summed E-state index contributed by atoms with van der Waals surface area (Å²) in [7, 11) is 0. The van der Waals surface area contributed by atoms with Crippen molar-refractivity contribution in [2.24, 2.45) is 0 Å². The van der Waals surface area contributed by atoms with Crippen molar-refractivity contribution in [1.82, 2.24) is 10.6 Å². The molecule has 0 saturated heterocycles. The highest BCUT2D eigenvalue weighted by atomic mass is 79.9. The van der Waals surface area contributed by atoms with E-state index in [2.05, 4.69) is 42.5 Å². The zero-order chi connectivity index (χ0) is 20.4. The minimum atomic E-state index is -0.442. The van der Waals surface area contributed by atoms with Gasteiger partial charge in [-0.3, -0.25) is 10.1 Å². The number of hydrogen-bond acceptors (Lipinski definition) is 7. The molecular weight excluding hydrogens is 492 g/mol. The summed E-state index contributed by atoms with van der Waals surface area (Å²) in [6.07, 6.45) is 1.70. The molecule has 0 atom stereocenters. The lowest BCUT2D eigenvalue weighted by Crippen LogP contribution is -2.25. The van der Waals surface area contributed by atoms with Crippen molar-refractivity contribution in [2.45, 2.75) is 25.9 Å². The predicted molar refractivity (Wildman–Crippen MR) is 119 cm³/mol. The van der Waals surface area contributed by atoms with Crippen molar-refractivity contribution in [2.75, 3.05) is 30.3 Å². The van der Waals surface area contributed by atoms with Crippen molar-refractivity contribution in [3.8, 4) is 0 Å². The number of anilines is 3. The van der Waals surface area contributed by atoms with Gasteiger partial charge in [-0.1, -0.05) is 31.9 Å². The SMILES string of the molecule is Nc1c([N+](=O)[O-])cc(Br)c2c1CCNC2.Nc1cc(Br)c2c(c1N)CCNC2. The highest BCUT2D eigenvalue weighted by molar-refractivity contribution is 9.10. The molecule has 0 unspecified atom stereocenters. The highest BCUT2D eigenvalue weighted by Crippen LogP contribution is 2.35. The lowest BCUT2D eigenvalue weighted by Gasteiger charge is -2.21. The smallest absolute Gasteiger partial charge is 0.293 e. The van der Waals surface area contributed by atoms with E-state index >= 15 is 0 Å². The minimum absolute atomic E-state index is 0.0116. The maximum Gasteiger partial charge on any atom is 0.293 e. The van der Waals surface area contributed by atoms with Crippen LogP contribution in [0.2, 0.25) is 0 Å². The second kappa shape index (κ2) is 8.64. The molecule has 0 saturated carbocycles. The van der Waals surface area contributed by atoms with Gasteiger partial charge in [0, 0.05) is 28.1 Å². The van der Waals surface area contributed by atoms with Crippen LogP contribution in [-0.2, 0) is 25.9 Å². The van der Waals surface area contributed by atoms with Gasteiger partial charge in [0.05, 0.1) is 16.3 Å². The van der Waals surface area contributed by atoms with Gasteiger partial charge in [-0.25, -0.2) is 0 Å². The molecule has 8 nitrogen and oxygen atoms in total. The normalized spacial score (nSPS) is 15.1. The summed E-state index contributed by atoms with van der Waals surface area (Å²) in [5.41, 5.74) is 23.5. The summed E-state index contributed by atoms with van der Waals surface area (Å²) in [6, 6.07) is 3.35. The zero-order valence-electron chi connectivity index (χ0n) is 15.1. The number of rotatable bonds is 1. The molecule has 4 rings (SSSR count). The lowest BCUT2D eigenvalue weighted by molar-refractivity contribution is -0.384. The van der Waals surface area contributed by atoms with Crippen molar-refractivity contribution < 1.29 is 4.92 Å². The van der Waals surface area contributed by atoms with E-state index in [1.807, 2.05) is 6.07 Å². The topological polar surface area (TPSA) is 145 Å². The molecule has 0 radical (unpaired) electrons. The van der Waals surface area contributed by atoms with E-state index in [4.69, 9.17) is 17.2 Å². The first-order valence-corrected chi connectivity index (χ1v) is 10.4. The molecule has 2 aromatic carbocycles. The van der Waals surface area contributed by atoms with E-state index in [1.165, 1.54) is 17.2 Å². The number of halogens is 2. The van der Waals surface area contributed by atoms with Crippen molar-refractivity contribution in [3.63, 3.8) is 0 Å². The molecule has 2 aromatic rings. The van der Waals surface area contributed by atoms with Gasteiger partial charge in [-0.05, 0) is 54.3 Å². The summed E-state index contributed by atoms with van der Waals surface area (Å²) in [5, 5.41) is 17.3. The zero-order valence-corrected chi connectivity index (χ0v) is 18.3. The van der Waals surface area contributed by atoms with Crippen molar-refractivity contribution >= 4 is 54.6 Å². The van der Waals surface area contributed by atoms with Gasteiger partial charge >= 0.3 is 0 Å². The van der Waals surface area contributed by atoms with Crippen LogP contribution in [0, 0.1) is 10.1 Å². The first-order valence-electron chi connectivity index (χ1n) is 8.82. The third kappa shape index (κ3) is 4.09. The summed E-state index contributed by atoms with van der Waals surface area (Å²) in [5.74, 6) is 0. The molecule has 28 heavy (non-hydrogen) atoms. The number of benzene rings is 2. The maximum atomic E-state index is 10.7. The molecular formula is C18H22Br2N6O2. The van der Waals surface area contributed by atoms with Crippen molar-refractivity contribution in [3.05, 3.63) is 53.4 Å².